The summed E-state index contributed by atoms with van der Waals surface area (Å²) in [5.74, 6) is 1.83. The highest BCUT2D eigenvalue weighted by molar-refractivity contribution is 7.99. The number of para-hydroxylation sites is 1. The lowest BCUT2D eigenvalue weighted by molar-refractivity contribution is -0.113. The molecule has 8 nitrogen and oxygen atoms in total. The molecular formula is C21H25ClN6O2S2. The Hall–Kier alpha value is -2.17. The first-order chi connectivity index (χ1) is 15.6. The van der Waals surface area contributed by atoms with Gasteiger partial charge in [-0.05, 0) is 31.9 Å². The molecule has 0 saturated heterocycles. The number of halogens is 1. The van der Waals surface area contributed by atoms with Crippen LogP contribution < -0.4 is 10.1 Å². The van der Waals surface area contributed by atoms with Crippen molar-refractivity contribution in [2.24, 2.45) is 0 Å². The molecule has 3 aromatic rings. The summed E-state index contributed by atoms with van der Waals surface area (Å²) in [4.78, 5) is 12.4. The maximum absolute atomic E-state index is 12.4. The Morgan fingerprint density at radius 3 is 2.81 bits per heavy atom. The molecule has 1 amide bonds. The van der Waals surface area contributed by atoms with E-state index in [2.05, 4.69) is 25.7 Å². The van der Waals surface area contributed by atoms with Crippen LogP contribution in [0.5, 0.6) is 5.75 Å². The number of ether oxygens (including phenoxy) is 1. The fourth-order valence-electron chi connectivity index (χ4n) is 3.64. The summed E-state index contributed by atoms with van der Waals surface area (Å²) >= 11 is 8.96. The summed E-state index contributed by atoms with van der Waals surface area (Å²) in [6, 6.07) is 7.30. The quantitative estimate of drug-likeness (QED) is 0.412. The third kappa shape index (κ3) is 5.79. The predicted octanol–water partition coefficient (Wildman–Crippen LogP) is 5.16. The van der Waals surface area contributed by atoms with E-state index in [1.165, 1.54) is 42.4 Å². The molecule has 11 heteroatoms. The molecule has 2 heterocycles. The molecule has 0 radical (unpaired) electrons. The van der Waals surface area contributed by atoms with E-state index >= 15 is 0 Å². The minimum atomic E-state index is -0.138. The number of hydrogen-bond acceptors (Lipinski definition) is 8. The second kappa shape index (κ2) is 11.1. The summed E-state index contributed by atoms with van der Waals surface area (Å²) in [5, 5.41) is 22.5. The van der Waals surface area contributed by atoms with E-state index in [4.69, 9.17) is 16.3 Å². The maximum Gasteiger partial charge on any atom is 0.236 e. The lowest BCUT2D eigenvalue weighted by atomic mass is 9.90. The van der Waals surface area contributed by atoms with Gasteiger partial charge in [0.15, 0.2) is 11.0 Å². The van der Waals surface area contributed by atoms with E-state index in [-0.39, 0.29) is 18.3 Å². The van der Waals surface area contributed by atoms with Gasteiger partial charge in [0, 0.05) is 12.5 Å². The van der Waals surface area contributed by atoms with Gasteiger partial charge in [0.1, 0.15) is 17.4 Å². The van der Waals surface area contributed by atoms with E-state index in [0.29, 0.717) is 39.3 Å². The molecule has 0 aliphatic heterocycles. The normalized spacial score (nSPS) is 14.4. The zero-order chi connectivity index (χ0) is 22.3. The van der Waals surface area contributed by atoms with Gasteiger partial charge in [0.25, 0.3) is 0 Å². The topological polar surface area (TPSA) is 94.8 Å². The van der Waals surface area contributed by atoms with Gasteiger partial charge in [0.2, 0.25) is 11.0 Å². The van der Waals surface area contributed by atoms with Crippen LogP contribution in [0.3, 0.4) is 0 Å². The lowest BCUT2D eigenvalue weighted by Gasteiger charge is -2.18. The third-order valence-electron chi connectivity index (χ3n) is 5.28. The van der Waals surface area contributed by atoms with Crippen LogP contribution in [0.1, 0.15) is 55.8 Å². The summed E-state index contributed by atoms with van der Waals surface area (Å²) in [6.45, 7) is 2.91. The average molecular weight is 493 g/mol. The number of aromatic nitrogens is 5. The van der Waals surface area contributed by atoms with Gasteiger partial charge >= 0.3 is 0 Å². The first-order valence-corrected chi connectivity index (χ1v) is 12.9. The fraction of sp³-hybridized carbons (Fsp3) is 0.476. The van der Waals surface area contributed by atoms with Crippen molar-refractivity contribution in [3.63, 3.8) is 0 Å². The first-order valence-electron chi connectivity index (χ1n) is 10.7. The largest absolute Gasteiger partial charge is 0.484 e. The molecule has 1 N–H and O–H groups in total. The lowest BCUT2D eigenvalue weighted by Crippen LogP contribution is -2.14. The van der Waals surface area contributed by atoms with Crippen molar-refractivity contribution in [3.8, 4) is 5.75 Å². The van der Waals surface area contributed by atoms with Crippen LogP contribution >= 0.6 is 34.7 Å². The predicted molar refractivity (Wildman–Crippen MR) is 127 cm³/mol. The number of amides is 1. The number of nitrogens with zero attached hydrogens (tertiary/aromatic N) is 5. The molecule has 170 valence electrons. The summed E-state index contributed by atoms with van der Waals surface area (Å²) < 4.78 is 7.71. The number of thioether (sulfide) groups is 1. The van der Waals surface area contributed by atoms with Crippen LogP contribution in [-0.4, -0.2) is 36.6 Å². The second-order valence-electron chi connectivity index (χ2n) is 7.48. The number of nitrogens with one attached hydrogen (secondary N) is 1. The van der Waals surface area contributed by atoms with Crippen molar-refractivity contribution < 1.29 is 9.53 Å². The highest BCUT2D eigenvalue weighted by Crippen LogP contribution is 2.35. The standard InChI is InChI=1S/C21H25ClN6O2S2/c1-2-28-17(12-30-16-11-7-6-10-15(16)22)24-27-21(28)31-13-18(29)23-20-26-25-19(32-20)14-8-4-3-5-9-14/h6-7,10-11,14H,2-5,8-9,12-13H2,1H3,(H,23,26,29). The van der Waals surface area contributed by atoms with Crippen molar-refractivity contribution in [3.05, 3.63) is 40.1 Å². The molecule has 1 saturated carbocycles. The van der Waals surface area contributed by atoms with E-state index in [0.717, 1.165) is 17.8 Å². The maximum atomic E-state index is 12.4. The van der Waals surface area contributed by atoms with Gasteiger partial charge in [-0.2, -0.15) is 0 Å². The summed E-state index contributed by atoms with van der Waals surface area (Å²) in [6.07, 6.45) is 6.10. The van der Waals surface area contributed by atoms with Gasteiger partial charge in [-0.3, -0.25) is 10.1 Å². The van der Waals surface area contributed by atoms with Crippen LogP contribution in [0.15, 0.2) is 29.4 Å². The van der Waals surface area contributed by atoms with Crippen molar-refractivity contribution in [2.45, 2.75) is 63.3 Å². The molecule has 32 heavy (non-hydrogen) atoms. The van der Waals surface area contributed by atoms with Gasteiger partial charge < -0.3 is 9.30 Å². The van der Waals surface area contributed by atoms with Crippen molar-refractivity contribution in [2.75, 3.05) is 11.1 Å². The molecule has 1 fully saturated rings. The Balaban J connectivity index is 1.30. The molecule has 1 aromatic carbocycles. The van der Waals surface area contributed by atoms with Crippen molar-refractivity contribution in [1.82, 2.24) is 25.0 Å². The molecule has 2 aromatic heterocycles. The first kappa shape index (κ1) is 23.0. The Morgan fingerprint density at radius 1 is 1.22 bits per heavy atom. The van der Waals surface area contributed by atoms with Crippen molar-refractivity contribution >= 4 is 45.7 Å². The van der Waals surface area contributed by atoms with E-state index in [1.54, 1.807) is 6.07 Å². The number of anilines is 1. The molecule has 1 aliphatic carbocycles. The van der Waals surface area contributed by atoms with Crippen molar-refractivity contribution in [1.29, 1.82) is 0 Å². The number of benzene rings is 1. The highest BCUT2D eigenvalue weighted by Gasteiger charge is 2.20. The van der Waals surface area contributed by atoms with Crippen LogP contribution in [0.25, 0.3) is 0 Å². The third-order valence-corrected chi connectivity index (χ3v) is 7.56. The molecule has 4 rings (SSSR count). The molecular weight excluding hydrogens is 468 g/mol. The second-order valence-corrected chi connectivity index (χ2v) is 9.84. The van der Waals surface area contributed by atoms with Gasteiger partial charge in [-0.1, -0.05) is 66.1 Å². The highest BCUT2D eigenvalue weighted by atomic mass is 35.5. The van der Waals surface area contributed by atoms with E-state index < -0.39 is 0 Å². The van der Waals surface area contributed by atoms with Gasteiger partial charge in [-0.25, -0.2) is 0 Å². The number of carbonyl (C=O) groups excluding carboxylic acids is 1. The monoisotopic (exact) mass is 492 g/mol. The SMILES string of the molecule is CCn1c(COc2ccccc2Cl)nnc1SCC(=O)Nc1nnc(C2CCCCC2)s1. The average Bonchev–Trinajstić information content (AvgIpc) is 3.44. The molecule has 0 atom stereocenters. The number of rotatable bonds is 9. The van der Waals surface area contributed by atoms with Crippen LogP contribution in [0, 0.1) is 0 Å². The van der Waals surface area contributed by atoms with Crippen LogP contribution in [-0.2, 0) is 17.9 Å². The molecule has 0 unspecified atom stereocenters. The Labute approximate surface area is 200 Å². The van der Waals surface area contributed by atoms with Crippen LogP contribution in [0.4, 0.5) is 5.13 Å². The zero-order valence-corrected chi connectivity index (χ0v) is 20.2. The fourth-order valence-corrected chi connectivity index (χ4v) is 5.58. The number of carbonyl (C=O) groups is 1. The molecule has 1 aliphatic rings. The minimum Gasteiger partial charge on any atom is -0.484 e. The smallest absolute Gasteiger partial charge is 0.236 e. The van der Waals surface area contributed by atoms with Gasteiger partial charge in [0.05, 0.1) is 10.8 Å². The Morgan fingerprint density at radius 2 is 2.03 bits per heavy atom. The molecule has 0 bridgehead atoms. The Kier molecular flexibility index (Phi) is 7.99. The molecule has 0 spiro atoms. The summed E-state index contributed by atoms with van der Waals surface area (Å²) in [5.41, 5.74) is 0. The minimum absolute atomic E-state index is 0.138. The summed E-state index contributed by atoms with van der Waals surface area (Å²) in [7, 11) is 0. The van der Waals surface area contributed by atoms with E-state index in [1.807, 2.05) is 29.7 Å². The zero-order valence-electron chi connectivity index (χ0n) is 17.8. The van der Waals surface area contributed by atoms with Gasteiger partial charge in [-0.15, -0.1) is 20.4 Å². The number of hydrogen-bond donors (Lipinski definition) is 1. The Bertz CT molecular complexity index is 1050. The van der Waals surface area contributed by atoms with Crippen LogP contribution in [0.2, 0.25) is 5.02 Å². The van der Waals surface area contributed by atoms with E-state index in [9.17, 15) is 4.79 Å².